The van der Waals surface area contributed by atoms with Gasteiger partial charge in [0, 0.05) is 27.4 Å². The van der Waals surface area contributed by atoms with Gasteiger partial charge in [-0.3, -0.25) is 0 Å². The Hall–Kier alpha value is -0.520. The van der Waals surface area contributed by atoms with Gasteiger partial charge in [-0.25, -0.2) is 4.98 Å². The van der Waals surface area contributed by atoms with E-state index in [1.54, 1.807) is 18.3 Å². The van der Waals surface area contributed by atoms with Crippen LogP contribution in [0.5, 0.6) is 0 Å². The van der Waals surface area contributed by atoms with Crippen molar-refractivity contribution < 1.29 is 0 Å². The number of rotatable bonds is 1. The zero-order chi connectivity index (χ0) is 11.7. The molecule has 0 bridgehead atoms. The first-order valence-electron chi connectivity index (χ1n) is 4.44. The predicted octanol–water partition coefficient (Wildman–Crippen LogP) is 4.24. The molecular weight excluding hydrogens is 358 g/mol. The van der Waals surface area contributed by atoms with Crippen molar-refractivity contribution in [3.63, 3.8) is 0 Å². The van der Waals surface area contributed by atoms with E-state index in [0.29, 0.717) is 15.9 Å². The van der Waals surface area contributed by atoms with Crippen molar-refractivity contribution in [3.8, 4) is 11.1 Å². The maximum Gasteiger partial charge on any atom is 0.136 e. The van der Waals surface area contributed by atoms with Crippen LogP contribution in [0.15, 0.2) is 30.5 Å². The van der Waals surface area contributed by atoms with Gasteiger partial charge in [-0.05, 0) is 46.9 Å². The van der Waals surface area contributed by atoms with Crippen molar-refractivity contribution in [3.05, 3.63) is 44.1 Å². The summed E-state index contributed by atoms with van der Waals surface area (Å²) in [6, 6.07) is 7.26. The SMILES string of the molecule is Nc1ncc(-c2cc(Cl)ccc2Cl)cc1I. The third-order valence-electron chi connectivity index (χ3n) is 2.11. The summed E-state index contributed by atoms with van der Waals surface area (Å²) in [5, 5.41) is 1.29. The number of halogens is 3. The average molecular weight is 365 g/mol. The maximum atomic E-state index is 6.10. The van der Waals surface area contributed by atoms with E-state index in [2.05, 4.69) is 27.6 Å². The Balaban J connectivity index is 2.58. The molecule has 0 fully saturated rings. The van der Waals surface area contributed by atoms with E-state index in [1.807, 2.05) is 12.1 Å². The topological polar surface area (TPSA) is 38.9 Å². The van der Waals surface area contributed by atoms with Crippen molar-refractivity contribution in [1.82, 2.24) is 4.98 Å². The summed E-state index contributed by atoms with van der Waals surface area (Å²) in [6.07, 6.45) is 1.69. The number of pyridine rings is 1. The first-order valence-corrected chi connectivity index (χ1v) is 6.28. The summed E-state index contributed by atoms with van der Waals surface area (Å²) in [4.78, 5) is 4.09. The smallest absolute Gasteiger partial charge is 0.136 e. The summed E-state index contributed by atoms with van der Waals surface area (Å²) >= 11 is 14.2. The molecule has 0 unspecified atom stereocenters. The van der Waals surface area contributed by atoms with E-state index in [4.69, 9.17) is 28.9 Å². The molecule has 0 aliphatic heterocycles. The molecule has 2 N–H and O–H groups in total. The van der Waals surface area contributed by atoms with Gasteiger partial charge in [0.1, 0.15) is 5.82 Å². The number of nitrogen functional groups attached to an aromatic ring is 1. The van der Waals surface area contributed by atoms with Gasteiger partial charge in [0.2, 0.25) is 0 Å². The molecule has 2 rings (SSSR count). The van der Waals surface area contributed by atoms with Crippen LogP contribution in [-0.2, 0) is 0 Å². The maximum absolute atomic E-state index is 6.10. The fraction of sp³-hybridized carbons (Fsp3) is 0. The lowest BCUT2D eigenvalue weighted by Crippen LogP contribution is -1.94. The lowest BCUT2D eigenvalue weighted by molar-refractivity contribution is 1.32. The second kappa shape index (κ2) is 4.77. The molecule has 0 spiro atoms. The number of hydrogen-bond donors (Lipinski definition) is 1. The molecule has 0 atom stereocenters. The van der Waals surface area contributed by atoms with E-state index in [1.165, 1.54) is 0 Å². The van der Waals surface area contributed by atoms with Gasteiger partial charge < -0.3 is 5.73 Å². The molecular formula is C11H7Cl2IN2. The van der Waals surface area contributed by atoms with Crippen LogP contribution in [0, 0.1) is 3.57 Å². The molecule has 0 amide bonds. The lowest BCUT2D eigenvalue weighted by atomic mass is 10.1. The molecule has 2 aromatic rings. The van der Waals surface area contributed by atoms with Gasteiger partial charge in [-0.1, -0.05) is 23.2 Å². The van der Waals surface area contributed by atoms with Gasteiger partial charge in [0.25, 0.3) is 0 Å². The molecule has 0 aliphatic rings. The van der Waals surface area contributed by atoms with E-state index in [-0.39, 0.29) is 0 Å². The fourth-order valence-electron chi connectivity index (χ4n) is 1.31. The summed E-state index contributed by atoms with van der Waals surface area (Å²) < 4.78 is 0.895. The minimum atomic E-state index is 0.516. The second-order valence-corrected chi connectivity index (χ2v) is 5.22. The average Bonchev–Trinajstić information content (AvgIpc) is 2.26. The van der Waals surface area contributed by atoms with E-state index >= 15 is 0 Å². The van der Waals surface area contributed by atoms with Crippen LogP contribution >= 0.6 is 45.8 Å². The predicted molar refractivity (Wildman–Crippen MR) is 76.8 cm³/mol. The van der Waals surface area contributed by atoms with E-state index < -0.39 is 0 Å². The van der Waals surface area contributed by atoms with Crippen molar-refractivity contribution in [2.75, 3.05) is 5.73 Å². The first-order chi connectivity index (χ1) is 7.58. The summed E-state index contributed by atoms with van der Waals surface area (Å²) in [5.41, 5.74) is 7.43. The zero-order valence-electron chi connectivity index (χ0n) is 8.05. The van der Waals surface area contributed by atoms with Crippen molar-refractivity contribution in [2.24, 2.45) is 0 Å². The minimum Gasteiger partial charge on any atom is -0.383 e. The number of benzene rings is 1. The van der Waals surface area contributed by atoms with Crippen molar-refractivity contribution in [1.29, 1.82) is 0 Å². The van der Waals surface area contributed by atoms with Crippen LogP contribution in [0.1, 0.15) is 0 Å². The highest BCUT2D eigenvalue weighted by Crippen LogP contribution is 2.31. The van der Waals surface area contributed by atoms with Gasteiger partial charge in [-0.2, -0.15) is 0 Å². The normalized spacial score (nSPS) is 10.4. The van der Waals surface area contributed by atoms with Crippen LogP contribution < -0.4 is 5.73 Å². The Morgan fingerprint density at radius 3 is 2.62 bits per heavy atom. The molecule has 0 saturated carbocycles. The third-order valence-corrected chi connectivity index (χ3v) is 3.54. The van der Waals surface area contributed by atoms with Gasteiger partial charge in [0.05, 0.1) is 3.57 Å². The van der Waals surface area contributed by atoms with E-state index in [0.717, 1.165) is 14.7 Å². The Morgan fingerprint density at radius 2 is 1.94 bits per heavy atom. The van der Waals surface area contributed by atoms with Gasteiger partial charge >= 0.3 is 0 Å². The summed E-state index contributed by atoms with van der Waals surface area (Å²) in [6.45, 7) is 0. The van der Waals surface area contributed by atoms with Crippen LogP contribution in [-0.4, -0.2) is 4.98 Å². The Labute approximate surface area is 117 Å². The number of hydrogen-bond acceptors (Lipinski definition) is 2. The fourth-order valence-corrected chi connectivity index (χ4v) is 2.19. The first kappa shape index (κ1) is 12.0. The summed E-state index contributed by atoms with van der Waals surface area (Å²) in [5.74, 6) is 0.516. The van der Waals surface area contributed by atoms with Crippen LogP contribution in [0.2, 0.25) is 10.0 Å². The monoisotopic (exact) mass is 364 g/mol. The largest absolute Gasteiger partial charge is 0.383 e. The standard InChI is InChI=1S/C11H7Cl2IN2/c12-7-1-2-9(13)8(4-7)6-3-10(14)11(15)16-5-6/h1-5H,(H2,15,16). The summed E-state index contributed by atoms with van der Waals surface area (Å²) in [7, 11) is 0. The number of aromatic nitrogens is 1. The van der Waals surface area contributed by atoms with Crippen LogP contribution in [0.25, 0.3) is 11.1 Å². The minimum absolute atomic E-state index is 0.516. The molecule has 0 saturated heterocycles. The van der Waals surface area contributed by atoms with Crippen molar-refractivity contribution >= 4 is 51.6 Å². The van der Waals surface area contributed by atoms with Crippen molar-refractivity contribution in [2.45, 2.75) is 0 Å². The Bertz CT molecular complexity index is 544. The van der Waals surface area contributed by atoms with Crippen LogP contribution in [0.3, 0.4) is 0 Å². The number of nitrogens with zero attached hydrogens (tertiary/aromatic N) is 1. The lowest BCUT2D eigenvalue weighted by Gasteiger charge is -2.06. The highest BCUT2D eigenvalue weighted by Gasteiger charge is 2.06. The molecule has 82 valence electrons. The quantitative estimate of drug-likeness (QED) is 0.768. The highest BCUT2D eigenvalue weighted by molar-refractivity contribution is 14.1. The van der Waals surface area contributed by atoms with Gasteiger partial charge in [0.15, 0.2) is 0 Å². The Kier molecular flexibility index (Phi) is 3.56. The third kappa shape index (κ3) is 2.42. The molecule has 2 nitrogen and oxygen atoms in total. The molecule has 0 aliphatic carbocycles. The molecule has 16 heavy (non-hydrogen) atoms. The molecule has 1 aromatic heterocycles. The van der Waals surface area contributed by atoms with Gasteiger partial charge in [-0.15, -0.1) is 0 Å². The molecule has 5 heteroatoms. The molecule has 1 aromatic carbocycles. The number of nitrogens with two attached hydrogens (primary N) is 1. The second-order valence-electron chi connectivity index (χ2n) is 3.22. The molecule has 0 radical (unpaired) electrons. The highest BCUT2D eigenvalue weighted by atomic mass is 127. The molecule has 1 heterocycles. The zero-order valence-corrected chi connectivity index (χ0v) is 11.7. The van der Waals surface area contributed by atoms with Crippen LogP contribution in [0.4, 0.5) is 5.82 Å². The number of anilines is 1. The Morgan fingerprint density at radius 1 is 1.19 bits per heavy atom. The van der Waals surface area contributed by atoms with E-state index in [9.17, 15) is 0 Å².